The summed E-state index contributed by atoms with van der Waals surface area (Å²) in [6.45, 7) is -0.463. The second-order valence-corrected chi connectivity index (χ2v) is 5.84. The van der Waals surface area contributed by atoms with E-state index < -0.39 is 28.6 Å². The molecule has 0 bridgehead atoms. The number of sulfonamides is 1. The van der Waals surface area contributed by atoms with E-state index in [1.807, 2.05) is 4.72 Å². The minimum absolute atomic E-state index is 0.167. The minimum atomic E-state index is -4.05. The molecule has 4 N–H and O–H groups in total. The number of carbonyl (C=O) groups is 2. The molecule has 9 heteroatoms. The molecule has 8 nitrogen and oxygen atoms in total. The van der Waals surface area contributed by atoms with Crippen molar-refractivity contribution in [2.24, 2.45) is 0 Å². The average Bonchev–Trinajstić information content (AvgIpc) is 2.45. The summed E-state index contributed by atoms with van der Waals surface area (Å²) >= 11 is 0. The number of carboxylic acids is 1. The van der Waals surface area contributed by atoms with Crippen LogP contribution in [0.4, 0.5) is 0 Å². The summed E-state index contributed by atoms with van der Waals surface area (Å²) in [5.41, 5.74) is 0.279. The van der Waals surface area contributed by atoms with Gasteiger partial charge >= 0.3 is 5.97 Å². The predicted molar refractivity (Wildman–Crippen MR) is 73.3 cm³/mol. The number of carboxylic acid groups (broad SMARTS) is 1. The fourth-order valence-corrected chi connectivity index (χ4v) is 2.77. The zero-order valence-corrected chi connectivity index (χ0v) is 12.1. The maximum atomic E-state index is 12.0. The number of rotatable bonds is 7. The lowest BCUT2D eigenvalue weighted by Gasteiger charge is -2.13. The molecule has 1 atom stereocenters. The fraction of sp³-hybridized carbons (Fsp3) is 0.333. The summed E-state index contributed by atoms with van der Waals surface area (Å²) in [5, 5.41) is 20.0. The first-order valence-corrected chi connectivity index (χ1v) is 7.48. The Hall–Kier alpha value is -1.97. The molecule has 1 aromatic carbocycles. The zero-order chi connectivity index (χ0) is 16.0. The van der Waals surface area contributed by atoms with Crippen molar-refractivity contribution in [3.8, 4) is 0 Å². The number of nitrogens with one attached hydrogen (secondary N) is 2. The molecule has 0 saturated carbocycles. The largest absolute Gasteiger partial charge is 0.480 e. The quantitative estimate of drug-likeness (QED) is 0.518. The molecule has 0 fully saturated rings. The van der Waals surface area contributed by atoms with Gasteiger partial charge in [-0.05, 0) is 30.7 Å². The fourth-order valence-electron chi connectivity index (χ4n) is 1.55. The molecule has 1 aromatic rings. The lowest BCUT2D eigenvalue weighted by atomic mass is 10.2. The van der Waals surface area contributed by atoms with Crippen LogP contribution in [-0.4, -0.2) is 50.2 Å². The number of benzene rings is 1. The number of aliphatic hydroxyl groups is 1. The van der Waals surface area contributed by atoms with Crippen LogP contribution in [0.2, 0.25) is 0 Å². The van der Waals surface area contributed by atoms with Gasteiger partial charge in [0.05, 0.1) is 4.90 Å². The van der Waals surface area contributed by atoms with Crippen LogP contribution in [0.5, 0.6) is 0 Å². The number of carbonyl (C=O) groups excluding carboxylic acids is 1. The Bertz CT molecular complexity index is 611. The molecule has 116 valence electrons. The van der Waals surface area contributed by atoms with Gasteiger partial charge in [-0.1, -0.05) is 0 Å². The van der Waals surface area contributed by atoms with Crippen molar-refractivity contribution in [1.29, 1.82) is 0 Å². The molecular formula is C12H16N2O6S. The third-order valence-corrected chi connectivity index (χ3v) is 4.15. The summed E-state index contributed by atoms with van der Waals surface area (Å²) in [7, 11) is -2.60. The van der Waals surface area contributed by atoms with E-state index in [-0.39, 0.29) is 22.8 Å². The maximum absolute atomic E-state index is 12.0. The van der Waals surface area contributed by atoms with Crippen molar-refractivity contribution in [2.45, 2.75) is 17.4 Å². The van der Waals surface area contributed by atoms with Crippen LogP contribution in [0.1, 0.15) is 16.8 Å². The van der Waals surface area contributed by atoms with Crippen molar-refractivity contribution < 1.29 is 28.2 Å². The van der Waals surface area contributed by atoms with Gasteiger partial charge in [0.25, 0.3) is 5.91 Å². The standard InChI is InChI=1S/C12H16N2O6S/c1-13-11(16)8-2-4-9(5-3-8)21(19,20)14-10(6-7-15)12(17)18/h2-5,10,14-15H,6-7H2,1H3,(H,13,16)(H,17,18)/t10-/m0/s1. The molecule has 0 spiro atoms. The van der Waals surface area contributed by atoms with Gasteiger partial charge in [0.15, 0.2) is 0 Å². The van der Waals surface area contributed by atoms with Gasteiger partial charge in [-0.25, -0.2) is 8.42 Å². The van der Waals surface area contributed by atoms with Gasteiger partial charge in [-0.15, -0.1) is 0 Å². The van der Waals surface area contributed by atoms with E-state index in [4.69, 9.17) is 10.2 Å². The zero-order valence-electron chi connectivity index (χ0n) is 11.2. The lowest BCUT2D eigenvalue weighted by Crippen LogP contribution is -2.41. The average molecular weight is 316 g/mol. The normalized spacial score (nSPS) is 12.7. The van der Waals surface area contributed by atoms with E-state index in [1.54, 1.807) is 0 Å². The molecule has 21 heavy (non-hydrogen) atoms. The Morgan fingerprint density at radius 1 is 1.24 bits per heavy atom. The van der Waals surface area contributed by atoms with Gasteiger partial charge in [0, 0.05) is 19.2 Å². The smallest absolute Gasteiger partial charge is 0.321 e. The molecule has 0 aliphatic heterocycles. The van der Waals surface area contributed by atoms with Crippen molar-refractivity contribution in [3.63, 3.8) is 0 Å². The molecule has 0 aliphatic rings. The molecule has 1 amide bonds. The molecule has 0 radical (unpaired) electrons. The molecule has 1 rings (SSSR count). The highest BCUT2D eigenvalue weighted by Crippen LogP contribution is 2.12. The maximum Gasteiger partial charge on any atom is 0.321 e. The molecule has 0 aromatic heterocycles. The predicted octanol–water partition coefficient (Wildman–Crippen LogP) is -0.840. The monoisotopic (exact) mass is 316 g/mol. The van der Waals surface area contributed by atoms with E-state index in [2.05, 4.69) is 5.32 Å². The Labute approximate surface area is 121 Å². The number of hydrogen-bond donors (Lipinski definition) is 4. The van der Waals surface area contributed by atoms with Crippen LogP contribution in [0, 0.1) is 0 Å². The molecule has 0 unspecified atom stereocenters. The Kier molecular flexibility index (Phi) is 5.82. The minimum Gasteiger partial charge on any atom is -0.480 e. The number of aliphatic hydroxyl groups excluding tert-OH is 1. The molecule has 0 saturated heterocycles. The second kappa shape index (κ2) is 7.16. The SMILES string of the molecule is CNC(=O)c1ccc(S(=O)(=O)N[C@@H](CCO)C(=O)O)cc1. The van der Waals surface area contributed by atoms with Crippen molar-refractivity contribution in [1.82, 2.24) is 10.0 Å². The van der Waals surface area contributed by atoms with Crippen LogP contribution < -0.4 is 10.0 Å². The van der Waals surface area contributed by atoms with Crippen LogP contribution in [0.3, 0.4) is 0 Å². The Balaban J connectivity index is 2.97. The first kappa shape index (κ1) is 17.1. The van der Waals surface area contributed by atoms with Crippen molar-refractivity contribution in [2.75, 3.05) is 13.7 Å². The third-order valence-electron chi connectivity index (χ3n) is 2.67. The molecule has 0 heterocycles. The molecular weight excluding hydrogens is 300 g/mol. The van der Waals surface area contributed by atoms with E-state index in [0.29, 0.717) is 0 Å². The van der Waals surface area contributed by atoms with Crippen LogP contribution in [-0.2, 0) is 14.8 Å². The number of aliphatic carboxylic acids is 1. The first-order valence-electron chi connectivity index (χ1n) is 6.00. The number of amides is 1. The van der Waals surface area contributed by atoms with Crippen LogP contribution in [0.15, 0.2) is 29.2 Å². The summed E-state index contributed by atoms with van der Waals surface area (Å²) in [6.07, 6.45) is -0.245. The highest BCUT2D eigenvalue weighted by Gasteiger charge is 2.25. The van der Waals surface area contributed by atoms with E-state index in [9.17, 15) is 18.0 Å². The summed E-state index contributed by atoms with van der Waals surface area (Å²) in [6, 6.07) is 3.61. The Morgan fingerprint density at radius 2 is 1.81 bits per heavy atom. The van der Waals surface area contributed by atoms with Gasteiger partial charge < -0.3 is 15.5 Å². The molecule has 0 aliphatic carbocycles. The summed E-state index contributed by atoms with van der Waals surface area (Å²) < 4.78 is 26.0. The topological polar surface area (TPSA) is 133 Å². The van der Waals surface area contributed by atoms with Crippen molar-refractivity contribution in [3.05, 3.63) is 29.8 Å². The summed E-state index contributed by atoms with van der Waals surface area (Å²) in [5.74, 6) is -1.75. The van der Waals surface area contributed by atoms with Gasteiger partial charge in [-0.2, -0.15) is 4.72 Å². The highest BCUT2D eigenvalue weighted by molar-refractivity contribution is 7.89. The van der Waals surface area contributed by atoms with Crippen LogP contribution in [0.25, 0.3) is 0 Å². The highest BCUT2D eigenvalue weighted by atomic mass is 32.2. The number of hydrogen-bond acceptors (Lipinski definition) is 5. The Morgan fingerprint density at radius 3 is 2.24 bits per heavy atom. The lowest BCUT2D eigenvalue weighted by molar-refractivity contribution is -0.139. The van der Waals surface area contributed by atoms with Crippen LogP contribution >= 0.6 is 0 Å². The third kappa shape index (κ3) is 4.52. The van der Waals surface area contributed by atoms with E-state index in [0.717, 1.165) is 0 Å². The van der Waals surface area contributed by atoms with Gasteiger partial charge in [-0.3, -0.25) is 9.59 Å². The van der Waals surface area contributed by atoms with Gasteiger partial charge in [0.1, 0.15) is 6.04 Å². The van der Waals surface area contributed by atoms with E-state index in [1.165, 1.54) is 31.3 Å². The van der Waals surface area contributed by atoms with Crippen molar-refractivity contribution >= 4 is 21.9 Å². The summed E-state index contributed by atoms with van der Waals surface area (Å²) in [4.78, 5) is 22.1. The van der Waals surface area contributed by atoms with Gasteiger partial charge in [0.2, 0.25) is 10.0 Å². The second-order valence-electron chi connectivity index (χ2n) is 4.13. The van der Waals surface area contributed by atoms with E-state index >= 15 is 0 Å². The first-order chi connectivity index (χ1) is 9.81.